The highest BCUT2D eigenvalue weighted by Gasteiger charge is 2.04. The highest BCUT2D eigenvalue weighted by molar-refractivity contribution is 5.39. The molecule has 5 heteroatoms. The van der Waals surface area contributed by atoms with Crippen LogP contribution in [0.1, 0.15) is 5.69 Å². The summed E-state index contributed by atoms with van der Waals surface area (Å²) in [6.45, 7) is 0.173. The van der Waals surface area contributed by atoms with E-state index in [0.717, 1.165) is 0 Å². The summed E-state index contributed by atoms with van der Waals surface area (Å²) in [4.78, 5) is 0. The molecule has 0 saturated carbocycles. The lowest BCUT2D eigenvalue weighted by atomic mass is 10.3. The van der Waals surface area contributed by atoms with Crippen LogP contribution in [0.2, 0.25) is 0 Å². The summed E-state index contributed by atoms with van der Waals surface area (Å²) in [5.41, 5.74) is 6.72. The second kappa shape index (κ2) is 4.00. The Hall–Kier alpha value is -2.04. The van der Waals surface area contributed by atoms with Gasteiger partial charge < -0.3 is 10.5 Å². The number of ether oxygens (including phenoxy) is 1. The molecule has 0 bridgehead atoms. The highest BCUT2D eigenvalue weighted by Crippen LogP contribution is 2.17. The third kappa shape index (κ3) is 2.07. The molecule has 0 amide bonds. The molecule has 4 nitrogen and oxygen atoms in total. The minimum Gasteiger partial charge on any atom is -0.484 e. The molecule has 0 aliphatic rings. The van der Waals surface area contributed by atoms with Crippen molar-refractivity contribution in [2.75, 3.05) is 5.73 Å². The number of nitrogens with two attached hydrogens (primary N) is 1. The van der Waals surface area contributed by atoms with Crippen LogP contribution in [0.15, 0.2) is 30.5 Å². The van der Waals surface area contributed by atoms with Crippen molar-refractivity contribution in [2.24, 2.45) is 0 Å². The topological polar surface area (TPSA) is 63.9 Å². The summed E-state index contributed by atoms with van der Waals surface area (Å²) in [5.74, 6) is -0.193. The van der Waals surface area contributed by atoms with Crippen LogP contribution < -0.4 is 10.5 Å². The number of nitrogens with one attached hydrogen (secondary N) is 1. The molecule has 0 aliphatic carbocycles. The zero-order valence-electron chi connectivity index (χ0n) is 7.90. The Balaban J connectivity index is 2.06. The van der Waals surface area contributed by atoms with Gasteiger partial charge in [0.1, 0.15) is 6.61 Å². The van der Waals surface area contributed by atoms with Crippen LogP contribution in [0, 0.1) is 5.82 Å². The molecule has 0 radical (unpaired) electrons. The van der Waals surface area contributed by atoms with E-state index in [1.807, 2.05) is 0 Å². The number of para-hydroxylation sites is 1. The van der Waals surface area contributed by atoms with Crippen LogP contribution in [0.3, 0.4) is 0 Å². The molecular formula is C10H10FN3O. The number of H-pyrrole nitrogens is 1. The number of aromatic nitrogens is 2. The molecule has 1 aromatic carbocycles. The smallest absolute Gasteiger partial charge is 0.165 e. The number of nitrogens with zero attached hydrogens (tertiary/aromatic N) is 1. The zero-order valence-corrected chi connectivity index (χ0v) is 7.90. The van der Waals surface area contributed by atoms with Gasteiger partial charge in [-0.3, -0.25) is 5.10 Å². The van der Waals surface area contributed by atoms with Gasteiger partial charge in [0.25, 0.3) is 0 Å². The highest BCUT2D eigenvalue weighted by atomic mass is 19.1. The normalized spacial score (nSPS) is 10.2. The van der Waals surface area contributed by atoms with Crippen molar-refractivity contribution in [1.29, 1.82) is 0 Å². The number of rotatable bonds is 3. The molecule has 1 heterocycles. The van der Waals surface area contributed by atoms with Gasteiger partial charge in [-0.2, -0.15) is 5.10 Å². The molecule has 0 spiro atoms. The molecule has 0 unspecified atom stereocenters. The van der Waals surface area contributed by atoms with E-state index < -0.39 is 5.82 Å². The van der Waals surface area contributed by atoms with E-state index in [1.54, 1.807) is 18.2 Å². The van der Waals surface area contributed by atoms with Gasteiger partial charge in [0.2, 0.25) is 0 Å². The molecule has 2 aromatic rings. The van der Waals surface area contributed by atoms with Gasteiger partial charge in [0, 0.05) is 0 Å². The minimum atomic E-state index is -0.393. The van der Waals surface area contributed by atoms with Gasteiger partial charge in [0.05, 0.1) is 17.6 Å². The second-order valence-electron chi connectivity index (χ2n) is 3.02. The zero-order chi connectivity index (χ0) is 10.7. The molecule has 0 saturated heterocycles. The number of nitrogen functional groups attached to an aromatic ring is 1. The Morgan fingerprint density at radius 2 is 2.20 bits per heavy atom. The van der Waals surface area contributed by atoms with Gasteiger partial charge in [0.15, 0.2) is 11.6 Å². The molecular weight excluding hydrogens is 197 g/mol. The monoisotopic (exact) mass is 207 g/mol. The fourth-order valence-corrected chi connectivity index (χ4v) is 1.15. The van der Waals surface area contributed by atoms with Crippen molar-refractivity contribution in [3.05, 3.63) is 42.0 Å². The number of halogens is 1. The Morgan fingerprint density at radius 3 is 2.87 bits per heavy atom. The van der Waals surface area contributed by atoms with Gasteiger partial charge >= 0.3 is 0 Å². The number of anilines is 1. The molecule has 78 valence electrons. The van der Waals surface area contributed by atoms with Gasteiger partial charge in [-0.15, -0.1) is 0 Å². The number of hydrogen-bond donors (Lipinski definition) is 2. The third-order valence-electron chi connectivity index (χ3n) is 1.96. The van der Waals surface area contributed by atoms with Crippen LogP contribution >= 0.6 is 0 Å². The lowest BCUT2D eigenvalue weighted by molar-refractivity contribution is 0.286. The maximum Gasteiger partial charge on any atom is 0.165 e. The van der Waals surface area contributed by atoms with Crippen molar-refractivity contribution < 1.29 is 9.13 Å². The van der Waals surface area contributed by atoms with Crippen molar-refractivity contribution in [3.8, 4) is 5.75 Å². The summed E-state index contributed by atoms with van der Waals surface area (Å²) in [6.07, 6.45) is 1.49. The van der Waals surface area contributed by atoms with Crippen molar-refractivity contribution >= 4 is 5.69 Å². The number of hydrogen-bond acceptors (Lipinski definition) is 3. The standard InChI is InChI=1S/C10H10FN3O/c11-7-3-1-2-4-10(7)15-6-9-8(12)5-13-14-9/h1-5H,6,12H2,(H,13,14). The van der Waals surface area contributed by atoms with Gasteiger partial charge in [-0.25, -0.2) is 4.39 Å². The largest absolute Gasteiger partial charge is 0.484 e. The molecule has 2 rings (SSSR count). The van der Waals surface area contributed by atoms with Crippen LogP contribution in [0.4, 0.5) is 10.1 Å². The summed E-state index contributed by atoms with van der Waals surface area (Å²) in [6, 6.07) is 6.20. The van der Waals surface area contributed by atoms with Crippen molar-refractivity contribution in [1.82, 2.24) is 10.2 Å². The summed E-state index contributed by atoms with van der Waals surface area (Å²) < 4.78 is 18.4. The van der Waals surface area contributed by atoms with Crippen LogP contribution in [0.25, 0.3) is 0 Å². The molecule has 1 aromatic heterocycles. The van der Waals surface area contributed by atoms with Gasteiger partial charge in [-0.1, -0.05) is 12.1 Å². The summed E-state index contributed by atoms with van der Waals surface area (Å²) in [7, 11) is 0. The van der Waals surface area contributed by atoms with Crippen LogP contribution in [0.5, 0.6) is 5.75 Å². The average molecular weight is 207 g/mol. The molecule has 15 heavy (non-hydrogen) atoms. The summed E-state index contributed by atoms with van der Waals surface area (Å²) >= 11 is 0. The van der Waals surface area contributed by atoms with E-state index in [9.17, 15) is 4.39 Å². The lowest BCUT2D eigenvalue weighted by Gasteiger charge is -2.05. The van der Waals surface area contributed by atoms with Crippen molar-refractivity contribution in [3.63, 3.8) is 0 Å². The predicted molar refractivity (Wildman–Crippen MR) is 53.7 cm³/mol. The first-order valence-corrected chi connectivity index (χ1v) is 4.42. The molecule has 3 N–H and O–H groups in total. The predicted octanol–water partition coefficient (Wildman–Crippen LogP) is 1.71. The Bertz CT molecular complexity index is 455. The van der Waals surface area contributed by atoms with Crippen molar-refractivity contribution in [2.45, 2.75) is 6.61 Å². The number of aromatic amines is 1. The maximum atomic E-state index is 13.1. The fourth-order valence-electron chi connectivity index (χ4n) is 1.15. The fraction of sp³-hybridized carbons (Fsp3) is 0.100. The molecule has 0 atom stereocenters. The quantitative estimate of drug-likeness (QED) is 0.805. The Labute approximate surface area is 85.9 Å². The first-order valence-electron chi connectivity index (χ1n) is 4.42. The molecule has 0 aliphatic heterocycles. The van der Waals surface area contributed by atoms with E-state index in [2.05, 4.69) is 10.2 Å². The summed E-state index contributed by atoms with van der Waals surface area (Å²) in [5, 5.41) is 6.41. The second-order valence-corrected chi connectivity index (χ2v) is 3.02. The third-order valence-corrected chi connectivity index (χ3v) is 1.96. The van der Waals surface area contributed by atoms with E-state index >= 15 is 0 Å². The van der Waals surface area contributed by atoms with Gasteiger partial charge in [-0.05, 0) is 12.1 Å². The SMILES string of the molecule is Nc1cn[nH]c1COc1ccccc1F. The van der Waals surface area contributed by atoms with E-state index in [-0.39, 0.29) is 12.4 Å². The van der Waals surface area contributed by atoms with E-state index in [4.69, 9.17) is 10.5 Å². The maximum absolute atomic E-state index is 13.1. The van der Waals surface area contributed by atoms with Crippen LogP contribution in [-0.2, 0) is 6.61 Å². The van der Waals surface area contributed by atoms with Crippen LogP contribution in [-0.4, -0.2) is 10.2 Å². The Morgan fingerprint density at radius 1 is 1.40 bits per heavy atom. The minimum absolute atomic E-state index is 0.173. The first kappa shape index (κ1) is 9.51. The Kier molecular flexibility index (Phi) is 2.53. The number of benzene rings is 1. The van der Waals surface area contributed by atoms with E-state index in [1.165, 1.54) is 12.3 Å². The average Bonchev–Trinajstić information content (AvgIpc) is 2.63. The van der Waals surface area contributed by atoms with E-state index in [0.29, 0.717) is 11.4 Å². The first-order chi connectivity index (χ1) is 7.27. The lowest BCUT2D eigenvalue weighted by Crippen LogP contribution is -2.00. The molecule has 0 fully saturated rings.